The molecule has 1 saturated heterocycles. The van der Waals surface area contributed by atoms with E-state index in [9.17, 15) is 20.1 Å². The van der Waals surface area contributed by atoms with Gasteiger partial charge in [-0.05, 0) is 18.4 Å². The van der Waals surface area contributed by atoms with Gasteiger partial charge < -0.3 is 35.0 Å². The molecule has 8 nitrogen and oxygen atoms in total. The molecule has 0 aromatic rings. The fourth-order valence-corrected chi connectivity index (χ4v) is 3.53. The maximum absolute atomic E-state index is 11.0. The summed E-state index contributed by atoms with van der Waals surface area (Å²) in [6.07, 6.45) is -2.05. The summed E-state index contributed by atoms with van der Waals surface area (Å²) < 4.78 is 10.8. The van der Waals surface area contributed by atoms with Crippen molar-refractivity contribution in [2.24, 2.45) is 0 Å². The summed E-state index contributed by atoms with van der Waals surface area (Å²) in [6, 6.07) is 0. The van der Waals surface area contributed by atoms with Crippen molar-refractivity contribution in [1.29, 1.82) is 0 Å². The van der Waals surface area contributed by atoms with Crippen LogP contribution in [0.2, 0.25) is 0 Å². The molecule has 28 heavy (non-hydrogen) atoms. The number of aliphatic hydroxyl groups excluding tert-OH is 3. The van der Waals surface area contributed by atoms with Gasteiger partial charge in [0.15, 0.2) is 6.23 Å². The van der Waals surface area contributed by atoms with E-state index in [0.29, 0.717) is 23.3 Å². The van der Waals surface area contributed by atoms with Gasteiger partial charge in [0.1, 0.15) is 18.8 Å². The second-order valence-electron chi connectivity index (χ2n) is 7.39. The molecule has 0 spiro atoms. The summed E-state index contributed by atoms with van der Waals surface area (Å²) in [7, 11) is 0. The van der Waals surface area contributed by atoms with Gasteiger partial charge >= 0.3 is 5.97 Å². The zero-order valence-electron chi connectivity index (χ0n) is 16.4. The zero-order chi connectivity index (χ0) is 21.2. The van der Waals surface area contributed by atoms with Crippen LogP contribution in [0.15, 0.2) is 36.2 Å². The Balaban J connectivity index is 2.20. The molecule has 0 amide bonds. The van der Waals surface area contributed by atoms with Crippen LogP contribution in [0.5, 0.6) is 0 Å². The van der Waals surface area contributed by atoms with Gasteiger partial charge in [0, 0.05) is 27.8 Å². The van der Waals surface area contributed by atoms with Crippen molar-refractivity contribution in [2.75, 3.05) is 6.61 Å². The van der Waals surface area contributed by atoms with Gasteiger partial charge in [-0.15, -0.1) is 0 Å². The van der Waals surface area contributed by atoms with Crippen LogP contribution in [-0.4, -0.2) is 67.1 Å². The Hall–Kier alpha value is -1.14. The number of aliphatic hydroxyl groups is 3. The SMILES string of the molecule is C=C(COC(C)=O)C1=CN([C@@H]2OC(CC(C)(I)CC)[C@@H](O)[C@H]2O)C(O)NC1=C. The lowest BCUT2D eigenvalue weighted by molar-refractivity contribution is -0.140. The smallest absolute Gasteiger partial charge is 0.302 e. The Morgan fingerprint density at radius 2 is 2.07 bits per heavy atom. The third kappa shape index (κ3) is 5.26. The lowest BCUT2D eigenvalue weighted by Crippen LogP contribution is -2.54. The largest absolute Gasteiger partial charge is 0.461 e. The van der Waals surface area contributed by atoms with E-state index in [1.165, 1.54) is 11.8 Å². The van der Waals surface area contributed by atoms with Gasteiger partial charge in [-0.2, -0.15) is 0 Å². The van der Waals surface area contributed by atoms with E-state index >= 15 is 0 Å². The Morgan fingerprint density at radius 3 is 2.64 bits per heavy atom. The average molecular weight is 508 g/mol. The summed E-state index contributed by atoms with van der Waals surface area (Å²) in [5.74, 6) is -0.439. The molecule has 4 N–H and O–H groups in total. The molecule has 158 valence electrons. The number of ether oxygens (including phenoxy) is 2. The van der Waals surface area contributed by atoms with Crippen LogP contribution in [0.3, 0.4) is 0 Å². The van der Waals surface area contributed by atoms with Crippen LogP contribution in [0.4, 0.5) is 0 Å². The molecule has 6 atom stereocenters. The second-order valence-corrected chi connectivity index (χ2v) is 9.99. The molecule has 0 saturated carbocycles. The summed E-state index contributed by atoms with van der Waals surface area (Å²) in [5.41, 5.74) is 1.39. The molecule has 2 aliphatic rings. The maximum atomic E-state index is 11.0. The van der Waals surface area contributed by atoms with Crippen molar-refractivity contribution < 1.29 is 29.6 Å². The van der Waals surface area contributed by atoms with E-state index in [1.54, 1.807) is 6.20 Å². The highest BCUT2D eigenvalue weighted by Crippen LogP contribution is 2.36. The lowest BCUT2D eigenvalue weighted by Gasteiger charge is -2.39. The number of carbonyl (C=O) groups excluding carboxylic acids is 1. The van der Waals surface area contributed by atoms with E-state index < -0.39 is 36.9 Å². The van der Waals surface area contributed by atoms with Crippen molar-refractivity contribution >= 4 is 28.6 Å². The summed E-state index contributed by atoms with van der Waals surface area (Å²) in [6.45, 7) is 13.1. The normalized spacial score (nSPS) is 32.4. The van der Waals surface area contributed by atoms with Crippen LogP contribution < -0.4 is 5.32 Å². The van der Waals surface area contributed by atoms with Crippen molar-refractivity contribution in [2.45, 2.75) is 67.9 Å². The number of hydrogen-bond acceptors (Lipinski definition) is 8. The highest BCUT2D eigenvalue weighted by molar-refractivity contribution is 14.1. The molecule has 3 unspecified atom stereocenters. The average Bonchev–Trinajstić information content (AvgIpc) is 2.87. The van der Waals surface area contributed by atoms with E-state index in [0.717, 1.165) is 6.42 Å². The Labute approximate surface area is 179 Å². The minimum Gasteiger partial charge on any atom is -0.461 e. The molecular formula is C19H29IN2O6. The molecule has 0 radical (unpaired) electrons. The molecule has 1 fully saturated rings. The van der Waals surface area contributed by atoms with Gasteiger partial charge in [0.25, 0.3) is 0 Å². The summed E-state index contributed by atoms with van der Waals surface area (Å²) in [5, 5.41) is 34.2. The standard InChI is InChI=1S/C19H29IN2O6/c1-6-19(5,20)7-14-15(24)16(25)17(28-14)22-8-13(11(3)21-18(22)26)10(2)9-27-12(4)23/h8,14-18,21,24-26H,2-3,6-7,9H2,1,4-5H3/t14?,15-,16-,17-,18?,19?/m1/s1. The highest BCUT2D eigenvalue weighted by atomic mass is 127. The van der Waals surface area contributed by atoms with Crippen molar-refractivity contribution in [1.82, 2.24) is 10.2 Å². The van der Waals surface area contributed by atoms with Crippen molar-refractivity contribution in [3.05, 3.63) is 36.2 Å². The quantitative estimate of drug-likeness (QED) is 0.230. The molecule has 2 rings (SSSR count). The number of halogens is 1. The van der Waals surface area contributed by atoms with Gasteiger partial charge in [0.2, 0.25) is 6.35 Å². The number of rotatable bonds is 7. The molecular weight excluding hydrogens is 479 g/mol. The van der Waals surface area contributed by atoms with E-state index in [1.807, 2.05) is 0 Å². The number of carbonyl (C=O) groups is 1. The third-order valence-corrected chi connectivity index (χ3v) is 6.22. The Kier molecular flexibility index (Phi) is 7.54. The number of esters is 1. The van der Waals surface area contributed by atoms with Crippen LogP contribution in [0, 0.1) is 0 Å². The molecule has 0 aromatic heterocycles. The molecule has 2 heterocycles. The fourth-order valence-electron chi connectivity index (χ4n) is 3.10. The van der Waals surface area contributed by atoms with Gasteiger partial charge in [-0.1, -0.05) is 49.6 Å². The molecule has 2 aliphatic heterocycles. The monoisotopic (exact) mass is 508 g/mol. The molecule has 0 aliphatic carbocycles. The van der Waals surface area contributed by atoms with Gasteiger partial charge in [0.05, 0.1) is 6.10 Å². The Bertz CT molecular complexity index is 665. The van der Waals surface area contributed by atoms with E-state index in [2.05, 4.69) is 54.9 Å². The number of hydrogen-bond donors (Lipinski definition) is 4. The predicted molar refractivity (Wildman–Crippen MR) is 112 cm³/mol. The molecule has 0 aromatic carbocycles. The summed E-state index contributed by atoms with van der Waals surface area (Å²) in [4.78, 5) is 12.4. The van der Waals surface area contributed by atoms with Gasteiger partial charge in [-0.3, -0.25) is 4.79 Å². The first-order chi connectivity index (χ1) is 13.0. The number of allylic oxidation sites excluding steroid dienone is 1. The van der Waals surface area contributed by atoms with Crippen LogP contribution >= 0.6 is 22.6 Å². The maximum Gasteiger partial charge on any atom is 0.302 e. The highest BCUT2D eigenvalue weighted by Gasteiger charge is 2.48. The van der Waals surface area contributed by atoms with E-state index in [-0.39, 0.29) is 10.0 Å². The first kappa shape index (κ1) is 23.1. The number of nitrogens with zero attached hydrogens (tertiary/aromatic N) is 1. The topological polar surface area (TPSA) is 111 Å². The van der Waals surface area contributed by atoms with Crippen LogP contribution in [0.1, 0.15) is 33.6 Å². The summed E-state index contributed by atoms with van der Waals surface area (Å²) >= 11 is 2.32. The third-order valence-electron chi connectivity index (χ3n) is 5.01. The predicted octanol–water partition coefficient (Wildman–Crippen LogP) is 1.12. The lowest BCUT2D eigenvalue weighted by atomic mass is 9.97. The van der Waals surface area contributed by atoms with Crippen molar-refractivity contribution in [3.8, 4) is 0 Å². The minimum atomic E-state index is -1.21. The Morgan fingerprint density at radius 1 is 1.43 bits per heavy atom. The number of alkyl halides is 1. The van der Waals surface area contributed by atoms with Crippen LogP contribution in [-0.2, 0) is 14.3 Å². The molecule has 9 heteroatoms. The first-order valence-corrected chi connectivity index (χ1v) is 10.2. The van der Waals surface area contributed by atoms with Gasteiger partial charge in [-0.25, -0.2) is 0 Å². The number of nitrogens with one attached hydrogen (secondary N) is 1. The minimum absolute atomic E-state index is 0.0329. The van der Waals surface area contributed by atoms with E-state index in [4.69, 9.17) is 9.47 Å². The van der Waals surface area contributed by atoms with Crippen molar-refractivity contribution in [3.63, 3.8) is 0 Å². The van der Waals surface area contributed by atoms with Crippen LogP contribution in [0.25, 0.3) is 0 Å². The first-order valence-electron chi connectivity index (χ1n) is 9.12. The second kappa shape index (κ2) is 9.12. The molecule has 0 bridgehead atoms. The zero-order valence-corrected chi connectivity index (χ0v) is 18.5. The fraction of sp³-hybridized carbons (Fsp3) is 0.632.